The second-order valence-electron chi connectivity index (χ2n) is 4.64. The Morgan fingerprint density at radius 1 is 1.07 bits per heavy atom. The molecule has 0 spiro atoms. The van der Waals surface area contributed by atoms with E-state index in [1.165, 1.54) is 31.2 Å². The summed E-state index contributed by atoms with van der Waals surface area (Å²) in [5, 5.41) is 0. The standard InChI is InChI=1S/C14H20O/c1-11-5-3-4-6-14(11)12-7-9-13(15-2)10-8-12/h7-11,14H,3-6H2,1-2H3/t11-,14-/m1/s1. The summed E-state index contributed by atoms with van der Waals surface area (Å²) < 4.78 is 5.18. The van der Waals surface area contributed by atoms with Gasteiger partial charge in [0.15, 0.2) is 0 Å². The highest BCUT2D eigenvalue weighted by atomic mass is 16.5. The molecule has 0 bridgehead atoms. The minimum atomic E-state index is 0.768. The molecule has 0 heterocycles. The van der Waals surface area contributed by atoms with Crippen LogP contribution in [0.1, 0.15) is 44.1 Å². The van der Waals surface area contributed by atoms with Crippen LogP contribution in [0, 0.1) is 5.92 Å². The minimum absolute atomic E-state index is 0.768. The molecule has 0 saturated heterocycles. The summed E-state index contributed by atoms with van der Waals surface area (Å²) in [5.41, 5.74) is 1.49. The van der Waals surface area contributed by atoms with Crippen LogP contribution >= 0.6 is 0 Å². The summed E-state index contributed by atoms with van der Waals surface area (Å²) in [6.07, 6.45) is 5.54. The van der Waals surface area contributed by atoms with Crippen molar-refractivity contribution in [3.8, 4) is 5.75 Å². The molecule has 1 aliphatic rings. The van der Waals surface area contributed by atoms with E-state index in [1.54, 1.807) is 7.11 Å². The summed E-state index contributed by atoms with van der Waals surface area (Å²) in [6, 6.07) is 8.62. The van der Waals surface area contributed by atoms with E-state index >= 15 is 0 Å². The molecule has 0 aromatic heterocycles. The Morgan fingerprint density at radius 2 is 1.73 bits per heavy atom. The van der Waals surface area contributed by atoms with Crippen LogP contribution in [0.5, 0.6) is 5.75 Å². The van der Waals surface area contributed by atoms with Crippen molar-refractivity contribution in [1.29, 1.82) is 0 Å². The van der Waals surface area contributed by atoms with E-state index in [0.29, 0.717) is 0 Å². The van der Waals surface area contributed by atoms with E-state index < -0.39 is 0 Å². The van der Waals surface area contributed by atoms with Gasteiger partial charge in [0.25, 0.3) is 0 Å². The zero-order valence-electron chi connectivity index (χ0n) is 9.70. The number of hydrogen-bond donors (Lipinski definition) is 0. The summed E-state index contributed by atoms with van der Waals surface area (Å²) in [7, 11) is 1.72. The van der Waals surface area contributed by atoms with E-state index in [2.05, 4.69) is 31.2 Å². The Labute approximate surface area is 92.5 Å². The molecule has 2 atom stereocenters. The lowest BCUT2D eigenvalue weighted by Gasteiger charge is -2.29. The highest BCUT2D eigenvalue weighted by molar-refractivity contribution is 5.29. The zero-order valence-corrected chi connectivity index (χ0v) is 9.70. The van der Waals surface area contributed by atoms with Gasteiger partial charge in [-0.3, -0.25) is 0 Å². The largest absolute Gasteiger partial charge is 0.497 e. The van der Waals surface area contributed by atoms with Gasteiger partial charge < -0.3 is 4.74 Å². The minimum Gasteiger partial charge on any atom is -0.497 e. The third-order valence-electron chi connectivity index (χ3n) is 3.66. The lowest BCUT2D eigenvalue weighted by atomic mass is 9.76. The normalized spacial score (nSPS) is 26.3. The van der Waals surface area contributed by atoms with Crippen molar-refractivity contribution in [1.82, 2.24) is 0 Å². The van der Waals surface area contributed by atoms with Crippen molar-refractivity contribution in [2.75, 3.05) is 7.11 Å². The average Bonchev–Trinajstić information content (AvgIpc) is 2.30. The van der Waals surface area contributed by atoms with Gasteiger partial charge in [-0.2, -0.15) is 0 Å². The fourth-order valence-electron chi connectivity index (χ4n) is 2.66. The number of hydrogen-bond acceptors (Lipinski definition) is 1. The first kappa shape index (κ1) is 10.5. The Kier molecular flexibility index (Phi) is 3.30. The molecule has 2 rings (SSSR count). The molecular formula is C14H20O. The lowest BCUT2D eigenvalue weighted by molar-refractivity contribution is 0.330. The molecule has 1 saturated carbocycles. The second kappa shape index (κ2) is 4.69. The van der Waals surface area contributed by atoms with E-state index in [4.69, 9.17) is 4.74 Å². The molecule has 1 fully saturated rings. The lowest BCUT2D eigenvalue weighted by Crippen LogP contribution is -2.14. The zero-order chi connectivity index (χ0) is 10.7. The van der Waals surface area contributed by atoms with Crippen molar-refractivity contribution in [3.63, 3.8) is 0 Å². The van der Waals surface area contributed by atoms with E-state index in [1.807, 2.05) is 0 Å². The van der Waals surface area contributed by atoms with Crippen molar-refractivity contribution in [2.45, 2.75) is 38.5 Å². The van der Waals surface area contributed by atoms with Crippen LogP contribution < -0.4 is 4.74 Å². The Bertz CT molecular complexity index is 302. The van der Waals surface area contributed by atoms with Gasteiger partial charge >= 0.3 is 0 Å². The molecule has 0 aliphatic heterocycles. The van der Waals surface area contributed by atoms with Gasteiger partial charge in [-0.25, -0.2) is 0 Å². The molecule has 1 aliphatic carbocycles. The van der Waals surface area contributed by atoms with Gasteiger partial charge in [-0.1, -0.05) is 38.3 Å². The molecule has 1 aromatic rings. The number of benzene rings is 1. The van der Waals surface area contributed by atoms with Gasteiger partial charge in [0, 0.05) is 0 Å². The molecule has 15 heavy (non-hydrogen) atoms. The summed E-state index contributed by atoms with van der Waals surface area (Å²) in [6.45, 7) is 2.38. The summed E-state index contributed by atoms with van der Waals surface area (Å²) in [5.74, 6) is 2.57. The van der Waals surface area contributed by atoms with Crippen molar-refractivity contribution < 1.29 is 4.74 Å². The Hall–Kier alpha value is -0.980. The topological polar surface area (TPSA) is 9.23 Å². The molecule has 0 radical (unpaired) electrons. The van der Waals surface area contributed by atoms with Gasteiger partial charge in [-0.15, -0.1) is 0 Å². The van der Waals surface area contributed by atoms with Crippen LogP contribution in [-0.2, 0) is 0 Å². The van der Waals surface area contributed by atoms with Crippen molar-refractivity contribution in [3.05, 3.63) is 29.8 Å². The first-order valence-corrected chi connectivity index (χ1v) is 5.95. The van der Waals surface area contributed by atoms with Crippen LogP contribution in [-0.4, -0.2) is 7.11 Å². The maximum Gasteiger partial charge on any atom is 0.118 e. The van der Waals surface area contributed by atoms with Crippen LogP contribution in [0.15, 0.2) is 24.3 Å². The predicted molar refractivity (Wildman–Crippen MR) is 63.4 cm³/mol. The van der Waals surface area contributed by atoms with Crippen LogP contribution in [0.2, 0.25) is 0 Å². The van der Waals surface area contributed by atoms with E-state index in [-0.39, 0.29) is 0 Å². The number of ether oxygens (including phenoxy) is 1. The highest BCUT2D eigenvalue weighted by Crippen LogP contribution is 2.37. The first-order chi connectivity index (χ1) is 7.31. The summed E-state index contributed by atoms with van der Waals surface area (Å²) in [4.78, 5) is 0. The fraction of sp³-hybridized carbons (Fsp3) is 0.571. The van der Waals surface area contributed by atoms with Gasteiger partial charge in [0.2, 0.25) is 0 Å². The monoisotopic (exact) mass is 204 g/mol. The third kappa shape index (κ3) is 2.34. The maximum absolute atomic E-state index is 5.18. The number of rotatable bonds is 2. The molecule has 1 nitrogen and oxygen atoms in total. The van der Waals surface area contributed by atoms with E-state index in [0.717, 1.165) is 17.6 Å². The highest BCUT2D eigenvalue weighted by Gasteiger charge is 2.22. The van der Waals surface area contributed by atoms with Crippen molar-refractivity contribution in [2.24, 2.45) is 5.92 Å². The van der Waals surface area contributed by atoms with Crippen molar-refractivity contribution >= 4 is 0 Å². The molecule has 1 heteroatoms. The maximum atomic E-state index is 5.18. The summed E-state index contributed by atoms with van der Waals surface area (Å²) >= 11 is 0. The molecule has 82 valence electrons. The Morgan fingerprint density at radius 3 is 2.33 bits per heavy atom. The SMILES string of the molecule is COc1ccc([C@@H]2CCCC[C@H]2C)cc1. The Balaban J connectivity index is 2.13. The van der Waals surface area contributed by atoms with Crippen LogP contribution in [0.4, 0.5) is 0 Å². The predicted octanol–water partition coefficient (Wildman–Crippen LogP) is 3.99. The number of methoxy groups -OCH3 is 1. The van der Waals surface area contributed by atoms with Crippen LogP contribution in [0.3, 0.4) is 0 Å². The van der Waals surface area contributed by atoms with E-state index in [9.17, 15) is 0 Å². The fourth-order valence-corrected chi connectivity index (χ4v) is 2.66. The molecule has 0 amide bonds. The van der Waals surface area contributed by atoms with Gasteiger partial charge in [0.1, 0.15) is 5.75 Å². The molecular weight excluding hydrogens is 184 g/mol. The molecule has 1 aromatic carbocycles. The third-order valence-corrected chi connectivity index (χ3v) is 3.66. The second-order valence-corrected chi connectivity index (χ2v) is 4.64. The average molecular weight is 204 g/mol. The van der Waals surface area contributed by atoms with Gasteiger partial charge in [0.05, 0.1) is 7.11 Å². The molecule has 0 unspecified atom stereocenters. The first-order valence-electron chi connectivity index (χ1n) is 5.95. The smallest absolute Gasteiger partial charge is 0.118 e. The van der Waals surface area contributed by atoms with Crippen LogP contribution in [0.25, 0.3) is 0 Å². The van der Waals surface area contributed by atoms with Gasteiger partial charge in [-0.05, 0) is 36.0 Å². The molecule has 0 N–H and O–H groups in total. The quantitative estimate of drug-likeness (QED) is 0.707.